The van der Waals surface area contributed by atoms with E-state index in [9.17, 15) is 4.79 Å². The Morgan fingerprint density at radius 2 is 2.14 bits per heavy atom. The maximum absolute atomic E-state index is 12.0. The fourth-order valence-corrected chi connectivity index (χ4v) is 3.52. The van der Waals surface area contributed by atoms with Crippen molar-refractivity contribution in [1.29, 1.82) is 0 Å². The summed E-state index contributed by atoms with van der Waals surface area (Å²) < 4.78 is 1.87. The molecule has 4 rings (SSSR count). The molecule has 1 atom stereocenters. The van der Waals surface area contributed by atoms with Gasteiger partial charge in [-0.25, -0.2) is 14.6 Å². The number of piperidine rings is 1. The molecule has 2 N–H and O–H groups in total. The van der Waals surface area contributed by atoms with E-state index in [0.29, 0.717) is 29.1 Å². The number of fused-ring (bicyclic) bond motifs is 1. The van der Waals surface area contributed by atoms with Crippen LogP contribution < -0.4 is 5.73 Å². The minimum atomic E-state index is -0.0643. The average Bonchev–Trinajstić information content (AvgIpc) is 3.12. The predicted octanol–water partition coefficient (Wildman–Crippen LogP) is 2.32. The number of anilines is 1. The Labute approximate surface area is 162 Å². The quantitative estimate of drug-likeness (QED) is 0.702. The summed E-state index contributed by atoms with van der Waals surface area (Å²) in [5.74, 6) is 0.317. The van der Waals surface area contributed by atoms with Gasteiger partial charge in [0.25, 0.3) is 0 Å². The molecule has 28 heavy (non-hydrogen) atoms. The lowest BCUT2D eigenvalue weighted by atomic mass is 10.1. The van der Waals surface area contributed by atoms with E-state index in [-0.39, 0.29) is 11.9 Å². The fraction of sp³-hybridized carbons (Fsp3) is 0.250. The van der Waals surface area contributed by atoms with Gasteiger partial charge in [0.15, 0.2) is 5.65 Å². The number of pyridine rings is 1. The highest BCUT2D eigenvalue weighted by atomic mass is 16.2. The molecule has 1 amide bonds. The average molecular weight is 375 g/mol. The van der Waals surface area contributed by atoms with Gasteiger partial charge in [0.1, 0.15) is 12.1 Å². The van der Waals surface area contributed by atoms with Crippen LogP contribution in [0.1, 0.15) is 30.3 Å². The molecule has 8 heteroatoms. The first-order valence-corrected chi connectivity index (χ1v) is 9.16. The molecule has 0 bridgehead atoms. The maximum Gasteiger partial charge on any atom is 0.246 e. The van der Waals surface area contributed by atoms with E-state index in [1.165, 1.54) is 12.4 Å². The molecule has 0 saturated carbocycles. The van der Waals surface area contributed by atoms with Crippen molar-refractivity contribution in [2.75, 3.05) is 18.8 Å². The molecule has 3 aromatic heterocycles. The van der Waals surface area contributed by atoms with Crippen LogP contribution >= 0.6 is 0 Å². The van der Waals surface area contributed by atoms with Gasteiger partial charge in [0, 0.05) is 19.3 Å². The van der Waals surface area contributed by atoms with Crippen LogP contribution in [0.5, 0.6) is 0 Å². The summed E-state index contributed by atoms with van der Waals surface area (Å²) in [5, 5.41) is 5.47. The summed E-state index contributed by atoms with van der Waals surface area (Å²) in [4.78, 5) is 26.7. The molecule has 8 nitrogen and oxygen atoms in total. The summed E-state index contributed by atoms with van der Waals surface area (Å²) in [6.07, 6.45) is 10.1. The molecular formula is C20H21N7O. The third-order valence-electron chi connectivity index (χ3n) is 4.87. The first-order chi connectivity index (χ1) is 13.7. The molecule has 1 aliphatic heterocycles. The van der Waals surface area contributed by atoms with Crippen LogP contribution in [0.3, 0.4) is 0 Å². The zero-order valence-corrected chi connectivity index (χ0v) is 15.4. The molecule has 1 fully saturated rings. The van der Waals surface area contributed by atoms with Gasteiger partial charge in [-0.1, -0.05) is 12.6 Å². The van der Waals surface area contributed by atoms with Crippen LogP contribution in [0, 0.1) is 0 Å². The fourth-order valence-electron chi connectivity index (χ4n) is 3.52. The highest BCUT2D eigenvalue weighted by Gasteiger charge is 2.27. The number of aromatic nitrogens is 5. The van der Waals surface area contributed by atoms with Crippen molar-refractivity contribution in [2.45, 2.75) is 18.9 Å². The van der Waals surface area contributed by atoms with Crippen LogP contribution in [0.15, 0.2) is 43.4 Å². The molecule has 1 saturated heterocycles. The molecular weight excluding hydrogens is 354 g/mol. The first kappa shape index (κ1) is 17.8. The standard InChI is InChI=1S/C20H21N7O/c1-2-17(28)26-11-5-7-15(12-26)27-20-18(19(21)23-13-24-20)16(25-27)9-8-14-6-3-4-10-22-14/h2-4,6,8-10,13,15H,1,5,7,11-12H2,(H2,21,23,24)/b9-8+. The van der Waals surface area contributed by atoms with E-state index in [0.717, 1.165) is 25.1 Å². The zero-order chi connectivity index (χ0) is 19.5. The Morgan fingerprint density at radius 3 is 2.93 bits per heavy atom. The number of hydrogen-bond donors (Lipinski definition) is 1. The first-order valence-electron chi connectivity index (χ1n) is 9.16. The van der Waals surface area contributed by atoms with Crippen LogP contribution in [0.25, 0.3) is 23.2 Å². The van der Waals surface area contributed by atoms with Gasteiger partial charge in [-0.2, -0.15) is 5.10 Å². The Kier molecular flexibility index (Phi) is 4.84. The van der Waals surface area contributed by atoms with E-state index in [1.54, 1.807) is 11.1 Å². The van der Waals surface area contributed by atoms with Crippen LogP contribution in [-0.4, -0.2) is 48.6 Å². The smallest absolute Gasteiger partial charge is 0.246 e. The van der Waals surface area contributed by atoms with E-state index in [4.69, 9.17) is 10.8 Å². The Hall–Kier alpha value is -3.55. The number of nitrogens with zero attached hydrogens (tertiary/aromatic N) is 6. The van der Waals surface area contributed by atoms with Crippen molar-refractivity contribution < 1.29 is 4.79 Å². The second kappa shape index (κ2) is 7.59. The van der Waals surface area contributed by atoms with Crippen LogP contribution in [0.2, 0.25) is 0 Å². The van der Waals surface area contributed by atoms with Crippen molar-refractivity contribution in [3.63, 3.8) is 0 Å². The zero-order valence-electron chi connectivity index (χ0n) is 15.4. The third kappa shape index (κ3) is 3.36. The number of carbonyl (C=O) groups is 1. The van der Waals surface area contributed by atoms with Gasteiger partial charge < -0.3 is 10.6 Å². The predicted molar refractivity (Wildman–Crippen MR) is 108 cm³/mol. The number of hydrogen-bond acceptors (Lipinski definition) is 6. The summed E-state index contributed by atoms with van der Waals surface area (Å²) in [6.45, 7) is 4.88. The molecule has 0 spiro atoms. The normalized spacial score (nSPS) is 17.3. The Morgan fingerprint density at radius 1 is 1.25 bits per heavy atom. The summed E-state index contributed by atoms with van der Waals surface area (Å²) >= 11 is 0. The van der Waals surface area contributed by atoms with Crippen molar-refractivity contribution >= 4 is 34.9 Å². The monoisotopic (exact) mass is 375 g/mol. The molecule has 3 aromatic rings. The van der Waals surface area contributed by atoms with Gasteiger partial charge in [-0.3, -0.25) is 9.78 Å². The van der Waals surface area contributed by atoms with E-state index < -0.39 is 0 Å². The van der Waals surface area contributed by atoms with Gasteiger partial charge >= 0.3 is 0 Å². The minimum Gasteiger partial charge on any atom is -0.383 e. The Balaban J connectivity index is 1.73. The van der Waals surface area contributed by atoms with Gasteiger partial charge in [0.05, 0.1) is 22.8 Å². The van der Waals surface area contributed by atoms with Gasteiger partial charge in [0.2, 0.25) is 5.91 Å². The van der Waals surface area contributed by atoms with Crippen LogP contribution in [0.4, 0.5) is 5.82 Å². The third-order valence-corrected chi connectivity index (χ3v) is 4.87. The SMILES string of the molecule is C=CC(=O)N1CCCC(n2nc(/C=C/c3ccccn3)c3c(N)ncnc32)C1. The lowest BCUT2D eigenvalue weighted by molar-refractivity contribution is -0.127. The highest BCUT2D eigenvalue weighted by molar-refractivity contribution is 5.94. The van der Waals surface area contributed by atoms with Crippen molar-refractivity contribution in [3.8, 4) is 0 Å². The summed E-state index contributed by atoms with van der Waals surface area (Å²) in [7, 11) is 0. The maximum atomic E-state index is 12.0. The lowest BCUT2D eigenvalue weighted by Gasteiger charge is -2.32. The molecule has 0 aromatic carbocycles. The van der Waals surface area contributed by atoms with Crippen molar-refractivity contribution in [2.24, 2.45) is 0 Å². The van der Waals surface area contributed by atoms with Crippen molar-refractivity contribution in [3.05, 3.63) is 54.8 Å². The highest BCUT2D eigenvalue weighted by Crippen LogP contribution is 2.29. The second-order valence-electron chi connectivity index (χ2n) is 6.66. The number of carbonyl (C=O) groups excluding carboxylic acids is 1. The molecule has 4 heterocycles. The summed E-state index contributed by atoms with van der Waals surface area (Å²) in [6, 6.07) is 5.72. The number of nitrogen functional groups attached to an aromatic ring is 1. The minimum absolute atomic E-state index is 0.0199. The van der Waals surface area contributed by atoms with Crippen LogP contribution in [-0.2, 0) is 4.79 Å². The van der Waals surface area contributed by atoms with Gasteiger partial charge in [-0.05, 0) is 43.2 Å². The molecule has 1 aliphatic rings. The largest absolute Gasteiger partial charge is 0.383 e. The van der Waals surface area contributed by atoms with E-state index in [1.807, 2.05) is 35.0 Å². The number of amides is 1. The van der Waals surface area contributed by atoms with Gasteiger partial charge in [-0.15, -0.1) is 0 Å². The molecule has 0 radical (unpaired) electrons. The van der Waals surface area contributed by atoms with E-state index in [2.05, 4.69) is 21.5 Å². The number of rotatable bonds is 4. The Bertz CT molecular complexity index is 1040. The second-order valence-corrected chi connectivity index (χ2v) is 6.66. The lowest BCUT2D eigenvalue weighted by Crippen LogP contribution is -2.40. The molecule has 0 aliphatic carbocycles. The number of nitrogens with two attached hydrogens (primary N) is 1. The van der Waals surface area contributed by atoms with Crippen molar-refractivity contribution in [1.82, 2.24) is 29.6 Å². The summed E-state index contributed by atoms with van der Waals surface area (Å²) in [5.41, 5.74) is 8.31. The van der Waals surface area contributed by atoms with E-state index >= 15 is 0 Å². The molecule has 142 valence electrons. The molecule has 1 unspecified atom stereocenters. The topological polar surface area (TPSA) is 103 Å². The number of likely N-dealkylation sites (tertiary alicyclic amines) is 1.